The number of likely N-dealkylation sites (tertiary alicyclic amines) is 1. The molecule has 0 aromatic heterocycles. The van der Waals surface area contributed by atoms with Gasteiger partial charge in [0.2, 0.25) is 15.9 Å². The lowest BCUT2D eigenvalue weighted by Gasteiger charge is -2.36. The van der Waals surface area contributed by atoms with Crippen molar-refractivity contribution >= 4 is 15.9 Å². The second-order valence-corrected chi connectivity index (χ2v) is 10.5. The van der Waals surface area contributed by atoms with Crippen LogP contribution in [0.3, 0.4) is 0 Å². The Balaban J connectivity index is 2.03. The van der Waals surface area contributed by atoms with E-state index in [4.69, 9.17) is 0 Å². The predicted octanol–water partition coefficient (Wildman–Crippen LogP) is 2.61. The number of nitrogens with one attached hydrogen (secondary N) is 2. The number of carbonyl (C=O) groups is 1. The monoisotopic (exact) mass is 427 g/mol. The summed E-state index contributed by atoms with van der Waals surface area (Å²) in [6.07, 6.45) is 1.21. The minimum absolute atomic E-state index is 0.126. The molecule has 4 atom stereocenters. The molecule has 1 heterocycles. The van der Waals surface area contributed by atoms with Gasteiger partial charge in [0.1, 0.15) is 16.8 Å². The second kappa shape index (κ2) is 10.00. The summed E-state index contributed by atoms with van der Waals surface area (Å²) in [5.74, 6) is -0.288. The van der Waals surface area contributed by atoms with Crippen LogP contribution >= 0.6 is 0 Å². The molecule has 1 aromatic rings. The maximum Gasteiger partial charge on any atom is 0.244 e. The van der Waals surface area contributed by atoms with Gasteiger partial charge in [0.05, 0.1) is 0 Å². The molecule has 2 N–H and O–H groups in total. The third kappa shape index (κ3) is 6.76. The lowest BCUT2D eigenvalue weighted by Crippen LogP contribution is -2.54. The quantitative estimate of drug-likeness (QED) is 0.669. The standard InChI is InChI=1S/C21H34FN3O3S/c1-14(2)20(24-29(27,28)19-9-7-6-8-18(19)22)21(26)23-17(5)13-25-11-15(3)10-16(4)12-25/h6-9,14-17,20,24H,10-13H2,1-5H3,(H,23,26)/t15?,16?,17?,20-/m0/s1. The van der Waals surface area contributed by atoms with Gasteiger partial charge in [0.25, 0.3) is 0 Å². The first-order chi connectivity index (χ1) is 13.5. The molecule has 1 amide bonds. The van der Waals surface area contributed by atoms with Crippen molar-refractivity contribution in [3.63, 3.8) is 0 Å². The molecule has 6 nitrogen and oxygen atoms in total. The number of amides is 1. The molecule has 1 aliphatic heterocycles. The first-order valence-corrected chi connectivity index (χ1v) is 11.8. The van der Waals surface area contributed by atoms with Gasteiger partial charge in [0, 0.05) is 25.7 Å². The summed E-state index contributed by atoms with van der Waals surface area (Å²) < 4.78 is 41.5. The van der Waals surface area contributed by atoms with Crippen molar-refractivity contribution in [2.45, 2.75) is 58.0 Å². The molecule has 0 aliphatic carbocycles. The van der Waals surface area contributed by atoms with E-state index in [2.05, 4.69) is 28.8 Å². The number of hydrogen-bond donors (Lipinski definition) is 2. The van der Waals surface area contributed by atoms with E-state index >= 15 is 0 Å². The van der Waals surface area contributed by atoms with E-state index in [0.717, 1.165) is 19.2 Å². The number of rotatable bonds is 8. The first kappa shape index (κ1) is 23.8. The number of halogens is 1. The van der Waals surface area contributed by atoms with Gasteiger partial charge in [-0.1, -0.05) is 39.8 Å². The van der Waals surface area contributed by atoms with E-state index in [1.165, 1.54) is 24.6 Å². The Labute approximate surface area is 174 Å². The number of carbonyl (C=O) groups excluding carboxylic acids is 1. The molecule has 0 bridgehead atoms. The highest BCUT2D eigenvalue weighted by Crippen LogP contribution is 2.21. The van der Waals surface area contributed by atoms with Crippen LogP contribution in [0.15, 0.2) is 29.2 Å². The summed E-state index contributed by atoms with van der Waals surface area (Å²) in [5, 5.41) is 2.93. The summed E-state index contributed by atoms with van der Waals surface area (Å²) in [7, 11) is -4.15. The smallest absolute Gasteiger partial charge is 0.244 e. The van der Waals surface area contributed by atoms with Crippen LogP contribution in [0.4, 0.5) is 4.39 Å². The number of hydrogen-bond acceptors (Lipinski definition) is 4. The molecule has 29 heavy (non-hydrogen) atoms. The highest BCUT2D eigenvalue weighted by atomic mass is 32.2. The summed E-state index contributed by atoms with van der Waals surface area (Å²) in [6.45, 7) is 12.6. The molecule has 1 aromatic carbocycles. The fraction of sp³-hybridized carbons (Fsp3) is 0.667. The van der Waals surface area contributed by atoms with E-state index < -0.39 is 32.7 Å². The zero-order chi connectivity index (χ0) is 21.8. The van der Waals surface area contributed by atoms with Crippen LogP contribution in [0.2, 0.25) is 0 Å². The van der Waals surface area contributed by atoms with Gasteiger partial charge in [-0.15, -0.1) is 0 Å². The maximum absolute atomic E-state index is 13.9. The van der Waals surface area contributed by atoms with Crippen LogP contribution in [-0.4, -0.2) is 50.9 Å². The Hall–Kier alpha value is -1.51. The highest BCUT2D eigenvalue weighted by Gasteiger charge is 2.31. The van der Waals surface area contributed by atoms with Crippen LogP contribution < -0.4 is 10.0 Å². The number of nitrogens with zero attached hydrogens (tertiary/aromatic N) is 1. The number of piperidine rings is 1. The molecule has 2 rings (SSSR count). The van der Waals surface area contributed by atoms with Gasteiger partial charge in [0.15, 0.2) is 0 Å². The first-order valence-electron chi connectivity index (χ1n) is 10.3. The van der Waals surface area contributed by atoms with Gasteiger partial charge in [-0.05, 0) is 43.2 Å². The van der Waals surface area contributed by atoms with E-state index in [9.17, 15) is 17.6 Å². The largest absolute Gasteiger partial charge is 0.351 e. The van der Waals surface area contributed by atoms with Crippen molar-refractivity contribution < 1.29 is 17.6 Å². The molecule has 8 heteroatoms. The highest BCUT2D eigenvalue weighted by molar-refractivity contribution is 7.89. The summed E-state index contributed by atoms with van der Waals surface area (Å²) >= 11 is 0. The van der Waals surface area contributed by atoms with Gasteiger partial charge >= 0.3 is 0 Å². The summed E-state index contributed by atoms with van der Waals surface area (Å²) in [6, 6.07) is 4.03. The Morgan fingerprint density at radius 3 is 2.31 bits per heavy atom. The van der Waals surface area contributed by atoms with Crippen molar-refractivity contribution in [3.8, 4) is 0 Å². The normalized spacial score (nSPS) is 23.0. The van der Waals surface area contributed by atoms with Crippen molar-refractivity contribution in [1.29, 1.82) is 0 Å². The second-order valence-electron chi connectivity index (χ2n) is 8.85. The van der Waals surface area contributed by atoms with Gasteiger partial charge in [-0.3, -0.25) is 4.79 Å². The molecule has 1 fully saturated rings. The Morgan fingerprint density at radius 2 is 1.76 bits per heavy atom. The third-order valence-corrected chi connectivity index (χ3v) is 6.70. The molecule has 1 aliphatic rings. The SMILES string of the molecule is CC1CC(C)CN(CC(C)NC(=O)[C@@H](NS(=O)(=O)c2ccccc2F)C(C)C)C1. The zero-order valence-electron chi connectivity index (χ0n) is 18.0. The maximum atomic E-state index is 13.9. The Kier molecular flexibility index (Phi) is 8.19. The van der Waals surface area contributed by atoms with Crippen LogP contribution in [0.25, 0.3) is 0 Å². The lowest BCUT2D eigenvalue weighted by molar-refractivity contribution is -0.124. The van der Waals surface area contributed by atoms with E-state index in [1.54, 1.807) is 13.8 Å². The van der Waals surface area contributed by atoms with Crippen molar-refractivity contribution in [2.24, 2.45) is 17.8 Å². The van der Waals surface area contributed by atoms with Crippen LogP contribution in [0.1, 0.15) is 41.0 Å². The number of benzene rings is 1. The molecule has 1 saturated heterocycles. The molecule has 164 valence electrons. The molecular formula is C21H34FN3O3S. The average Bonchev–Trinajstić information content (AvgIpc) is 2.58. The fourth-order valence-corrected chi connectivity index (χ4v) is 5.52. The molecule has 0 radical (unpaired) electrons. The summed E-state index contributed by atoms with van der Waals surface area (Å²) in [4.78, 5) is 14.7. The van der Waals surface area contributed by atoms with Crippen LogP contribution in [0, 0.1) is 23.6 Å². The lowest BCUT2D eigenvalue weighted by atomic mass is 9.91. The Morgan fingerprint density at radius 1 is 1.17 bits per heavy atom. The number of sulfonamides is 1. The summed E-state index contributed by atoms with van der Waals surface area (Å²) in [5.41, 5.74) is 0. The average molecular weight is 428 g/mol. The molecular weight excluding hydrogens is 393 g/mol. The van der Waals surface area contributed by atoms with Gasteiger partial charge < -0.3 is 10.2 Å². The van der Waals surface area contributed by atoms with Crippen molar-refractivity contribution in [2.75, 3.05) is 19.6 Å². The topological polar surface area (TPSA) is 78.5 Å². The zero-order valence-corrected chi connectivity index (χ0v) is 18.8. The van der Waals surface area contributed by atoms with Gasteiger partial charge in [-0.2, -0.15) is 4.72 Å². The minimum atomic E-state index is -4.15. The predicted molar refractivity (Wildman–Crippen MR) is 112 cm³/mol. The fourth-order valence-electron chi connectivity index (χ4n) is 4.09. The Bertz CT molecular complexity index is 790. The van der Waals surface area contributed by atoms with E-state index in [-0.39, 0.29) is 12.0 Å². The molecule has 3 unspecified atom stereocenters. The van der Waals surface area contributed by atoms with E-state index in [0.29, 0.717) is 18.4 Å². The van der Waals surface area contributed by atoms with E-state index in [1.807, 2.05) is 6.92 Å². The third-order valence-electron chi connectivity index (χ3n) is 5.22. The van der Waals surface area contributed by atoms with Crippen molar-refractivity contribution in [1.82, 2.24) is 14.9 Å². The molecule has 0 saturated carbocycles. The van der Waals surface area contributed by atoms with Crippen LogP contribution in [0.5, 0.6) is 0 Å². The van der Waals surface area contributed by atoms with Crippen molar-refractivity contribution in [3.05, 3.63) is 30.1 Å². The minimum Gasteiger partial charge on any atom is -0.351 e. The van der Waals surface area contributed by atoms with Crippen LogP contribution in [-0.2, 0) is 14.8 Å². The molecule has 0 spiro atoms. The van der Waals surface area contributed by atoms with Gasteiger partial charge in [-0.25, -0.2) is 12.8 Å².